The molecule has 2 unspecified atom stereocenters. The van der Waals surface area contributed by atoms with E-state index in [0.29, 0.717) is 21.9 Å². The van der Waals surface area contributed by atoms with Crippen molar-refractivity contribution in [2.24, 2.45) is 5.92 Å². The normalized spacial score (nSPS) is 32.8. The van der Waals surface area contributed by atoms with E-state index in [2.05, 4.69) is 57.0 Å². The lowest BCUT2D eigenvalue weighted by Crippen LogP contribution is -2.44. The van der Waals surface area contributed by atoms with Crippen molar-refractivity contribution in [3.05, 3.63) is 0 Å². The topological polar surface area (TPSA) is 29.5 Å². The second-order valence-corrected chi connectivity index (χ2v) is 7.74. The number of carbonyl (C=O) groups is 1. The first kappa shape index (κ1) is 14.3. The van der Waals surface area contributed by atoms with Crippen LogP contribution in [-0.4, -0.2) is 38.0 Å². The molecule has 17 heavy (non-hydrogen) atoms. The lowest BCUT2D eigenvalue weighted by atomic mass is 9.96. The van der Waals surface area contributed by atoms with E-state index in [1.165, 1.54) is 0 Å². The zero-order valence-corrected chi connectivity index (χ0v) is 14.4. The molecule has 0 N–H and O–H groups in total. The van der Waals surface area contributed by atoms with Gasteiger partial charge in [-0.1, -0.05) is 45.2 Å². The largest absolute Gasteiger partial charge is 0.381 e. The molecule has 1 amide bonds. The van der Waals surface area contributed by atoms with Crippen LogP contribution in [0.25, 0.3) is 0 Å². The molecule has 0 saturated carbocycles. The molecule has 0 aromatic heterocycles. The SMILES string of the molecule is CC1CC[C@@H](I)N1C(=O)C(I)C1CCOCC1. The fourth-order valence-electron chi connectivity index (χ4n) is 2.64. The Hall–Kier alpha value is 0.890. The molecule has 2 rings (SSSR count). The van der Waals surface area contributed by atoms with Crippen LogP contribution in [0.1, 0.15) is 32.6 Å². The zero-order valence-electron chi connectivity index (χ0n) is 10.1. The minimum absolute atomic E-state index is 0.134. The highest BCUT2D eigenvalue weighted by atomic mass is 127. The third kappa shape index (κ3) is 3.26. The average molecular weight is 463 g/mol. The summed E-state index contributed by atoms with van der Waals surface area (Å²) >= 11 is 4.75. The molecule has 2 heterocycles. The highest BCUT2D eigenvalue weighted by Crippen LogP contribution is 2.33. The highest BCUT2D eigenvalue weighted by molar-refractivity contribution is 14.1. The molecule has 0 bridgehead atoms. The number of ether oxygens (including phenoxy) is 1. The lowest BCUT2D eigenvalue weighted by molar-refractivity contribution is -0.132. The van der Waals surface area contributed by atoms with Crippen molar-refractivity contribution in [1.82, 2.24) is 4.90 Å². The second kappa shape index (κ2) is 6.36. The van der Waals surface area contributed by atoms with Gasteiger partial charge < -0.3 is 9.64 Å². The first-order valence-corrected chi connectivity index (χ1v) is 8.78. The van der Waals surface area contributed by atoms with Gasteiger partial charge >= 0.3 is 0 Å². The van der Waals surface area contributed by atoms with Crippen molar-refractivity contribution in [1.29, 1.82) is 0 Å². The molecule has 2 aliphatic heterocycles. The van der Waals surface area contributed by atoms with E-state index < -0.39 is 0 Å². The van der Waals surface area contributed by atoms with Gasteiger partial charge in [0, 0.05) is 19.3 Å². The summed E-state index contributed by atoms with van der Waals surface area (Å²) < 4.78 is 5.90. The third-order valence-electron chi connectivity index (χ3n) is 3.77. The molecular weight excluding hydrogens is 444 g/mol. The van der Waals surface area contributed by atoms with Crippen molar-refractivity contribution < 1.29 is 9.53 Å². The minimum atomic E-state index is 0.134. The fourth-order valence-corrected chi connectivity index (χ4v) is 4.86. The number of nitrogens with zero attached hydrogens (tertiary/aromatic N) is 1. The van der Waals surface area contributed by atoms with E-state index in [1.54, 1.807) is 0 Å². The van der Waals surface area contributed by atoms with E-state index in [1.807, 2.05) is 0 Å². The molecule has 5 heteroatoms. The van der Waals surface area contributed by atoms with Gasteiger partial charge in [-0.25, -0.2) is 0 Å². The van der Waals surface area contributed by atoms with Gasteiger partial charge in [-0.15, -0.1) is 0 Å². The number of rotatable bonds is 2. The maximum Gasteiger partial charge on any atom is 0.236 e. The Morgan fingerprint density at radius 1 is 1.29 bits per heavy atom. The van der Waals surface area contributed by atoms with Crippen LogP contribution in [0.3, 0.4) is 0 Å². The Kier molecular flexibility index (Phi) is 5.35. The number of carbonyl (C=O) groups excluding carboxylic acids is 1. The molecule has 2 fully saturated rings. The Labute approximate surface area is 130 Å². The third-order valence-corrected chi connectivity index (χ3v) is 6.54. The highest BCUT2D eigenvalue weighted by Gasteiger charge is 2.38. The van der Waals surface area contributed by atoms with Crippen LogP contribution < -0.4 is 0 Å². The summed E-state index contributed by atoms with van der Waals surface area (Å²) in [6.07, 6.45) is 4.36. The van der Waals surface area contributed by atoms with Gasteiger partial charge in [-0.05, 0) is 38.5 Å². The molecular formula is C12H19I2NO2. The molecule has 0 aromatic carbocycles. The van der Waals surface area contributed by atoms with Gasteiger partial charge in [0.2, 0.25) is 5.91 Å². The van der Waals surface area contributed by atoms with Gasteiger partial charge in [0.1, 0.15) is 0 Å². The van der Waals surface area contributed by atoms with Gasteiger partial charge in [0.15, 0.2) is 0 Å². The summed E-state index contributed by atoms with van der Waals surface area (Å²) in [5.41, 5.74) is 0. The molecule has 3 nitrogen and oxygen atoms in total. The molecule has 0 spiro atoms. The van der Waals surface area contributed by atoms with E-state index in [4.69, 9.17) is 4.74 Å². The quantitative estimate of drug-likeness (QED) is 0.358. The predicted octanol–water partition coefficient (Wildman–Crippen LogP) is 2.99. The average Bonchev–Trinajstić information content (AvgIpc) is 2.68. The molecule has 0 radical (unpaired) electrons. The Morgan fingerprint density at radius 2 is 1.94 bits per heavy atom. The molecule has 2 aliphatic rings. The van der Waals surface area contributed by atoms with Gasteiger partial charge in [0.05, 0.1) is 7.97 Å². The summed E-state index contributed by atoms with van der Waals surface area (Å²) in [7, 11) is 0. The zero-order chi connectivity index (χ0) is 12.4. The van der Waals surface area contributed by atoms with Crippen molar-refractivity contribution in [3.63, 3.8) is 0 Å². The van der Waals surface area contributed by atoms with Crippen molar-refractivity contribution in [2.45, 2.75) is 46.6 Å². The molecule has 0 aliphatic carbocycles. The fraction of sp³-hybridized carbons (Fsp3) is 0.917. The summed E-state index contributed by atoms with van der Waals surface area (Å²) in [6.45, 7) is 3.81. The number of likely N-dealkylation sites (tertiary alicyclic amines) is 1. The van der Waals surface area contributed by atoms with E-state index >= 15 is 0 Å². The summed E-state index contributed by atoms with van der Waals surface area (Å²) in [4.78, 5) is 14.6. The van der Waals surface area contributed by atoms with Crippen LogP contribution in [0.2, 0.25) is 0 Å². The molecule has 0 aromatic rings. The van der Waals surface area contributed by atoms with E-state index in [0.717, 1.165) is 38.9 Å². The number of alkyl halides is 2. The van der Waals surface area contributed by atoms with Crippen LogP contribution in [0, 0.1) is 5.92 Å². The number of hydrogen-bond donors (Lipinski definition) is 0. The van der Waals surface area contributed by atoms with Crippen LogP contribution >= 0.6 is 45.2 Å². The number of halogens is 2. The summed E-state index contributed by atoms with van der Waals surface area (Å²) in [5, 5.41) is 0. The maximum atomic E-state index is 12.5. The van der Waals surface area contributed by atoms with Gasteiger partial charge in [-0.3, -0.25) is 4.79 Å². The van der Waals surface area contributed by atoms with Crippen LogP contribution in [0.15, 0.2) is 0 Å². The van der Waals surface area contributed by atoms with Crippen molar-refractivity contribution >= 4 is 51.1 Å². The Balaban J connectivity index is 1.98. The first-order valence-electron chi connectivity index (χ1n) is 6.29. The lowest BCUT2D eigenvalue weighted by Gasteiger charge is -2.32. The van der Waals surface area contributed by atoms with E-state index in [9.17, 15) is 4.79 Å². The molecule has 3 atom stereocenters. The van der Waals surface area contributed by atoms with Crippen LogP contribution in [-0.2, 0) is 9.53 Å². The predicted molar refractivity (Wildman–Crippen MR) is 84.7 cm³/mol. The first-order chi connectivity index (χ1) is 8.11. The van der Waals surface area contributed by atoms with Gasteiger partial charge in [0.25, 0.3) is 0 Å². The smallest absolute Gasteiger partial charge is 0.236 e. The van der Waals surface area contributed by atoms with E-state index in [-0.39, 0.29) is 3.92 Å². The van der Waals surface area contributed by atoms with Crippen molar-refractivity contribution in [3.8, 4) is 0 Å². The standard InChI is InChI=1S/C12H19I2NO2/c1-8-2-3-10(13)15(8)12(16)11(14)9-4-6-17-7-5-9/h8-11H,2-7H2,1H3/t8?,10-,11?/m0/s1. The summed E-state index contributed by atoms with van der Waals surface area (Å²) in [6, 6.07) is 0.418. The second-order valence-electron chi connectivity index (χ2n) is 4.96. The molecule has 98 valence electrons. The van der Waals surface area contributed by atoms with Gasteiger partial charge in [-0.2, -0.15) is 0 Å². The minimum Gasteiger partial charge on any atom is -0.381 e. The summed E-state index contributed by atoms with van der Waals surface area (Å²) in [5.74, 6) is 0.857. The van der Waals surface area contributed by atoms with Crippen LogP contribution in [0.5, 0.6) is 0 Å². The monoisotopic (exact) mass is 463 g/mol. The molecule has 2 saturated heterocycles. The van der Waals surface area contributed by atoms with Crippen LogP contribution in [0.4, 0.5) is 0 Å². The number of amides is 1. The van der Waals surface area contributed by atoms with Crippen molar-refractivity contribution in [2.75, 3.05) is 13.2 Å². The Morgan fingerprint density at radius 3 is 2.47 bits per heavy atom. The Bertz CT molecular complexity index is 272. The maximum absolute atomic E-state index is 12.5. The number of hydrogen-bond acceptors (Lipinski definition) is 2.